The van der Waals surface area contributed by atoms with Crippen molar-refractivity contribution >= 4 is 0 Å². The molecule has 0 aliphatic rings. The van der Waals surface area contributed by atoms with E-state index in [9.17, 15) is 0 Å². The van der Waals surface area contributed by atoms with Crippen molar-refractivity contribution in [2.75, 3.05) is 0 Å². The van der Waals surface area contributed by atoms with Gasteiger partial charge in [0.25, 0.3) is 0 Å². The molecule has 12 nitrogen and oxygen atoms in total. The van der Waals surface area contributed by atoms with Gasteiger partial charge in [-0.2, -0.15) is 0 Å². The molecule has 0 bridgehead atoms. The molecule has 17 heavy (non-hydrogen) atoms. The summed E-state index contributed by atoms with van der Waals surface area (Å²) in [6.45, 7) is 0. The first-order chi connectivity index (χ1) is 6.00. The fraction of sp³-hybridized carbons (Fsp3) is 0. The first kappa shape index (κ1) is 32.3. The van der Waals surface area contributed by atoms with Crippen LogP contribution in [0.15, 0.2) is 0 Å². The monoisotopic (exact) mass is 1060 g/mol. The van der Waals surface area contributed by atoms with Crippen molar-refractivity contribution in [2.24, 2.45) is 0 Å². The van der Waals surface area contributed by atoms with E-state index in [2.05, 4.69) is 0 Å². The minimum absolute atomic E-state index is 0. The molecule has 0 unspecified atom stereocenters. The van der Waals surface area contributed by atoms with Crippen LogP contribution in [0.3, 0.4) is 0 Å². The average molecular weight is 1060 g/mol. The molecular weight excluding hydrogens is 1060 g/mol. The van der Waals surface area contributed by atoms with Crippen LogP contribution < -0.4 is 22.6 Å². The fourth-order valence-corrected chi connectivity index (χ4v) is 0. The summed E-state index contributed by atoms with van der Waals surface area (Å²) in [6, 6.07) is 0. The van der Waals surface area contributed by atoms with Gasteiger partial charge in [-0.3, -0.25) is 0 Å². The van der Waals surface area contributed by atoms with Gasteiger partial charge in [-0.1, -0.05) is 0 Å². The van der Waals surface area contributed by atoms with E-state index in [0.717, 1.165) is 0 Å². The van der Waals surface area contributed by atoms with Crippen molar-refractivity contribution < 1.29 is 173 Å². The van der Waals surface area contributed by atoms with E-state index in [1.165, 1.54) is 0 Å². The predicted octanol–water partition coefficient (Wildman–Crippen LogP) is -7.85. The average Bonchev–Trinajstić information content (AvgIpc) is 1.41. The SMILES string of the molecule is [Gd+3].[Gd+3].[O]=[W](=[O])([O-])[O-].[O]=[W](=[O])([O-])[O-].[O]=[W](=[O])([O-])[O-]. The minimum atomic E-state index is -6.17. The molecule has 0 fully saturated rings. The van der Waals surface area contributed by atoms with Gasteiger partial charge in [0, 0.05) is 0 Å². The Labute approximate surface area is 169 Å². The van der Waals surface area contributed by atoms with E-state index >= 15 is 0 Å². The van der Waals surface area contributed by atoms with E-state index in [1.807, 2.05) is 0 Å². The first-order valence-corrected chi connectivity index (χ1v) is 16.4. The molecule has 0 saturated heterocycles. The quantitative estimate of drug-likeness (QED) is 0.220. The van der Waals surface area contributed by atoms with Gasteiger partial charge >= 0.3 is 173 Å². The van der Waals surface area contributed by atoms with E-state index in [1.54, 1.807) is 0 Å². The molecule has 0 spiro atoms. The van der Waals surface area contributed by atoms with Crippen LogP contribution in [0, 0.1) is 79.9 Å². The molecule has 0 aromatic rings. The number of rotatable bonds is 0. The molecule has 0 saturated carbocycles. The van der Waals surface area contributed by atoms with Crippen LogP contribution in [-0.2, 0) is 70.6 Å². The second-order valence-corrected chi connectivity index (χ2v) is 10.0. The maximum atomic E-state index is 8.65. The maximum absolute atomic E-state index is 8.65. The van der Waals surface area contributed by atoms with Crippen molar-refractivity contribution in [3.63, 3.8) is 0 Å². The van der Waals surface area contributed by atoms with Crippen LogP contribution in [0.5, 0.6) is 0 Å². The molecule has 17 heteroatoms. The van der Waals surface area contributed by atoms with Crippen LogP contribution >= 0.6 is 0 Å². The van der Waals surface area contributed by atoms with Gasteiger partial charge in [-0.05, 0) is 0 Å². The molecule has 0 aliphatic heterocycles. The summed E-state index contributed by atoms with van der Waals surface area (Å²) < 4.78 is 104. The van der Waals surface area contributed by atoms with Gasteiger partial charge in [-0.15, -0.1) is 0 Å². The Kier molecular flexibility index (Phi) is 27.0. The Bertz CT molecular complexity index is 341. The van der Waals surface area contributed by atoms with Gasteiger partial charge in [0.05, 0.1) is 0 Å². The first-order valence-electron chi connectivity index (χ1n) is 2.00. The molecule has 0 rings (SSSR count). The van der Waals surface area contributed by atoms with Crippen LogP contribution in [0.2, 0.25) is 0 Å². The van der Waals surface area contributed by atoms with Crippen LogP contribution in [-0.4, -0.2) is 0 Å². The molecule has 0 aliphatic carbocycles. The fourth-order valence-electron chi connectivity index (χ4n) is 0. The van der Waals surface area contributed by atoms with Gasteiger partial charge in [0.2, 0.25) is 0 Å². The second kappa shape index (κ2) is 14.2. The summed E-state index contributed by atoms with van der Waals surface area (Å²) in [5, 5.41) is 0. The molecule has 2 radical (unpaired) electrons. The zero-order valence-corrected chi connectivity index (χ0v) is 20.2. The number of hydrogen-bond donors (Lipinski definition) is 0. The van der Waals surface area contributed by atoms with Gasteiger partial charge < -0.3 is 0 Å². The van der Waals surface area contributed by atoms with E-state index < -0.39 is 50.2 Å². The van der Waals surface area contributed by atoms with Crippen LogP contribution in [0.1, 0.15) is 0 Å². The molecule has 0 aromatic heterocycles. The van der Waals surface area contributed by atoms with Crippen molar-refractivity contribution in [1.82, 2.24) is 0 Å². The van der Waals surface area contributed by atoms with Crippen LogP contribution in [0.25, 0.3) is 0 Å². The normalized spacial score (nSPS) is 10.2. The van der Waals surface area contributed by atoms with Gasteiger partial charge in [0.15, 0.2) is 0 Å². The summed E-state index contributed by atoms with van der Waals surface area (Å²) in [6.07, 6.45) is 0. The molecule has 0 amide bonds. The molecular formula is Gd2O12W3. The molecule has 0 heterocycles. The predicted molar refractivity (Wildman–Crippen MR) is 4.12 cm³/mol. The Morgan fingerprint density at radius 1 is 0.412 bits per heavy atom. The van der Waals surface area contributed by atoms with Gasteiger partial charge in [-0.25, -0.2) is 0 Å². The Balaban J connectivity index is -0.0000000400. The summed E-state index contributed by atoms with van der Waals surface area (Å²) in [5.74, 6) is 0. The summed E-state index contributed by atoms with van der Waals surface area (Å²) in [7, 11) is 0. The van der Waals surface area contributed by atoms with E-state index in [0.29, 0.717) is 0 Å². The summed E-state index contributed by atoms with van der Waals surface area (Å²) in [5.41, 5.74) is 0. The summed E-state index contributed by atoms with van der Waals surface area (Å²) >= 11 is -18.5. The third-order valence-corrected chi connectivity index (χ3v) is 0. The second-order valence-electron chi connectivity index (χ2n) is 1.22. The molecule has 0 atom stereocenters. The Morgan fingerprint density at radius 3 is 0.412 bits per heavy atom. The zero-order valence-electron chi connectivity index (χ0n) is 6.83. The van der Waals surface area contributed by atoms with E-state index in [4.69, 9.17) is 42.9 Å². The molecule has 0 aromatic carbocycles. The Morgan fingerprint density at radius 2 is 0.412 bits per heavy atom. The van der Waals surface area contributed by atoms with Crippen molar-refractivity contribution in [3.8, 4) is 0 Å². The topological polar surface area (TPSA) is 241 Å². The van der Waals surface area contributed by atoms with Gasteiger partial charge in [0.1, 0.15) is 0 Å². The zero-order chi connectivity index (χ0) is 13.5. The third kappa shape index (κ3) is 536. The van der Waals surface area contributed by atoms with Crippen molar-refractivity contribution in [2.45, 2.75) is 0 Å². The Hall–Kier alpha value is 3.27. The van der Waals surface area contributed by atoms with Crippen molar-refractivity contribution in [3.05, 3.63) is 0 Å². The summed E-state index contributed by atoms with van der Waals surface area (Å²) in [4.78, 5) is 0. The molecule has 106 valence electrons. The van der Waals surface area contributed by atoms with E-state index in [-0.39, 0.29) is 79.9 Å². The standard InChI is InChI=1S/2Gd.12O.3W/q2*+3;;;;;;;6*-1;;;. The van der Waals surface area contributed by atoms with Crippen LogP contribution in [0.4, 0.5) is 0 Å². The number of hydrogen-bond acceptors (Lipinski definition) is 12. The van der Waals surface area contributed by atoms with Crippen molar-refractivity contribution in [1.29, 1.82) is 0 Å². The third-order valence-electron chi connectivity index (χ3n) is 0. The molecule has 0 N–H and O–H groups in total.